The van der Waals surface area contributed by atoms with E-state index < -0.39 is 0 Å². The lowest BCUT2D eigenvalue weighted by atomic mass is 9.77. The lowest BCUT2D eigenvalue weighted by Crippen LogP contribution is -2.54. The average molecular weight is 364 g/mol. The summed E-state index contributed by atoms with van der Waals surface area (Å²) in [7, 11) is 1.69. The molecular weight excluding hydrogens is 336 g/mol. The summed E-state index contributed by atoms with van der Waals surface area (Å²) in [6.45, 7) is 3.29. The number of hydrogen-bond acceptors (Lipinski definition) is 3. The first kappa shape index (κ1) is 17.9. The molecule has 0 unspecified atom stereocenters. The maximum atomic E-state index is 13.6. The van der Waals surface area contributed by atoms with Gasteiger partial charge in [0.15, 0.2) is 0 Å². The minimum atomic E-state index is -0.306. The van der Waals surface area contributed by atoms with Crippen LogP contribution in [0, 0.1) is 0 Å². The zero-order valence-electron chi connectivity index (χ0n) is 16.1. The Kier molecular flexibility index (Phi) is 5.06. The SMILES string of the molecule is COc1cccc(N2CCN(C(=O)C3(c4ccccc4)CCCC3)CC2)c1. The van der Waals surface area contributed by atoms with Crippen LogP contribution in [0.5, 0.6) is 5.75 Å². The van der Waals surface area contributed by atoms with E-state index >= 15 is 0 Å². The summed E-state index contributed by atoms with van der Waals surface area (Å²) in [6.07, 6.45) is 4.24. The standard InChI is InChI=1S/C23H28N2O2/c1-27-21-11-7-10-20(18-21)24-14-16-25(17-15-24)22(26)23(12-5-6-13-23)19-8-3-2-4-9-19/h2-4,7-11,18H,5-6,12-17H2,1H3. The molecule has 1 aliphatic heterocycles. The Morgan fingerprint density at radius 2 is 1.63 bits per heavy atom. The van der Waals surface area contributed by atoms with Crippen LogP contribution in [0.15, 0.2) is 54.6 Å². The largest absolute Gasteiger partial charge is 0.497 e. The van der Waals surface area contributed by atoms with E-state index in [-0.39, 0.29) is 5.41 Å². The van der Waals surface area contributed by atoms with Crippen molar-refractivity contribution in [1.29, 1.82) is 0 Å². The van der Waals surface area contributed by atoms with Crippen LogP contribution < -0.4 is 9.64 Å². The summed E-state index contributed by atoms with van der Waals surface area (Å²) in [6, 6.07) is 18.6. The van der Waals surface area contributed by atoms with E-state index in [0.29, 0.717) is 5.91 Å². The van der Waals surface area contributed by atoms with Crippen molar-refractivity contribution in [2.45, 2.75) is 31.1 Å². The highest BCUT2D eigenvalue weighted by Gasteiger charge is 2.45. The minimum absolute atomic E-state index is 0.306. The van der Waals surface area contributed by atoms with Gasteiger partial charge in [0, 0.05) is 37.9 Å². The van der Waals surface area contributed by atoms with Crippen molar-refractivity contribution in [3.05, 3.63) is 60.2 Å². The minimum Gasteiger partial charge on any atom is -0.497 e. The molecule has 0 radical (unpaired) electrons. The Morgan fingerprint density at radius 1 is 0.926 bits per heavy atom. The maximum absolute atomic E-state index is 13.6. The van der Waals surface area contributed by atoms with Gasteiger partial charge in [0.1, 0.15) is 5.75 Å². The summed E-state index contributed by atoms with van der Waals surface area (Å²) in [5, 5.41) is 0. The van der Waals surface area contributed by atoms with Gasteiger partial charge in [-0.3, -0.25) is 4.79 Å². The molecule has 27 heavy (non-hydrogen) atoms. The Labute approximate surface area is 161 Å². The normalized spacial score (nSPS) is 19.1. The monoisotopic (exact) mass is 364 g/mol. The number of benzene rings is 2. The van der Waals surface area contributed by atoms with Crippen molar-refractivity contribution in [2.24, 2.45) is 0 Å². The second-order valence-electron chi connectivity index (χ2n) is 7.64. The third-order valence-electron chi connectivity index (χ3n) is 6.18. The molecule has 2 aliphatic rings. The smallest absolute Gasteiger partial charge is 0.233 e. The van der Waals surface area contributed by atoms with Gasteiger partial charge in [0.25, 0.3) is 0 Å². The number of hydrogen-bond donors (Lipinski definition) is 0. The number of rotatable bonds is 4. The molecule has 1 heterocycles. The molecule has 2 fully saturated rings. The molecule has 1 saturated carbocycles. The molecule has 2 aromatic carbocycles. The van der Waals surface area contributed by atoms with Crippen molar-refractivity contribution in [2.75, 3.05) is 38.2 Å². The van der Waals surface area contributed by atoms with E-state index in [9.17, 15) is 4.79 Å². The summed E-state index contributed by atoms with van der Waals surface area (Å²) in [5.74, 6) is 1.21. The van der Waals surface area contributed by atoms with Gasteiger partial charge >= 0.3 is 0 Å². The molecule has 1 saturated heterocycles. The van der Waals surface area contributed by atoms with Gasteiger partial charge in [-0.2, -0.15) is 0 Å². The zero-order chi connectivity index (χ0) is 18.7. The molecular formula is C23H28N2O2. The Morgan fingerprint density at radius 3 is 2.30 bits per heavy atom. The molecule has 0 aromatic heterocycles. The van der Waals surface area contributed by atoms with Crippen LogP contribution in [0.2, 0.25) is 0 Å². The number of nitrogens with zero attached hydrogens (tertiary/aromatic N) is 2. The first-order chi connectivity index (χ1) is 13.2. The van der Waals surface area contributed by atoms with E-state index in [2.05, 4.69) is 46.2 Å². The summed E-state index contributed by atoms with van der Waals surface area (Å²) in [5.41, 5.74) is 2.06. The van der Waals surface area contributed by atoms with Gasteiger partial charge in [0.2, 0.25) is 5.91 Å². The third-order valence-corrected chi connectivity index (χ3v) is 6.18. The fourth-order valence-electron chi connectivity index (χ4n) is 4.64. The maximum Gasteiger partial charge on any atom is 0.233 e. The molecule has 0 atom stereocenters. The highest BCUT2D eigenvalue weighted by Crippen LogP contribution is 2.42. The molecule has 1 amide bonds. The molecule has 4 rings (SSSR count). The predicted molar refractivity (Wildman–Crippen MR) is 108 cm³/mol. The Hall–Kier alpha value is -2.49. The van der Waals surface area contributed by atoms with Gasteiger partial charge in [-0.1, -0.05) is 49.2 Å². The first-order valence-electron chi connectivity index (χ1n) is 9.97. The van der Waals surface area contributed by atoms with E-state index in [1.165, 1.54) is 11.3 Å². The second-order valence-corrected chi connectivity index (χ2v) is 7.64. The Balaban J connectivity index is 1.48. The van der Waals surface area contributed by atoms with E-state index in [4.69, 9.17) is 4.74 Å². The number of carbonyl (C=O) groups is 1. The van der Waals surface area contributed by atoms with Crippen LogP contribution in [0.4, 0.5) is 5.69 Å². The topological polar surface area (TPSA) is 32.8 Å². The van der Waals surface area contributed by atoms with Gasteiger partial charge in [-0.05, 0) is 30.5 Å². The summed E-state index contributed by atoms with van der Waals surface area (Å²) >= 11 is 0. The molecule has 0 spiro atoms. The quantitative estimate of drug-likeness (QED) is 0.826. The molecule has 4 nitrogen and oxygen atoms in total. The highest BCUT2D eigenvalue weighted by atomic mass is 16.5. The van der Waals surface area contributed by atoms with Gasteiger partial charge in [0.05, 0.1) is 12.5 Å². The number of methoxy groups -OCH3 is 1. The molecule has 142 valence electrons. The summed E-state index contributed by atoms with van der Waals surface area (Å²) in [4.78, 5) is 18.0. The lowest BCUT2D eigenvalue weighted by Gasteiger charge is -2.41. The van der Waals surface area contributed by atoms with Crippen LogP contribution >= 0.6 is 0 Å². The number of carbonyl (C=O) groups excluding carboxylic acids is 1. The molecule has 0 N–H and O–H groups in total. The van der Waals surface area contributed by atoms with Crippen LogP contribution in [-0.2, 0) is 10.2 Å². The Bertz CT molecular complexity index is 776. The fraction of sp³-hybridized carbons (Fsp3) is 0.435. The number of anilines is 1. The van der Waals surface area contributed by atoms with Crippen LogP contribution in [0.25, 0.3) is 0 Å². The third kappa shape index (κ3) is 3.41. The first-order valence-corrected chi connectivity index (χ1v) is 9.97. The molecule has 2 aromatic rings. The number of piperazine rings is 1. The van der Waals surface area contributed by atoms with Crippen molar-refractivity contribution in [3.63, 3.8) is 0 Å². The fourth-order valence-corrected chi connectivity index (χ4v) is 4.64. The molecule has 1 aliphatic carbocycles. The van der Waals surface area contributed by atoms with Crippen molar-refractivity contribution in [3.8, 4) is 5.75 Å². The highest BCUT2D eigenvalue weighted by molar-refractivity contribution is 5.89. The number of amides is 1. The van der Waals surface area contributed by atoms with Crippen molar-refractivity contribution in [1.82, 2.24) is 4.90 Å². The van der Waals surface area contributed by atoms with Gasteiger partial charge in [-0.25, -0.2) is 0 Å². The van der Waals surface area contributed by atoms with E-state index in [1.807, 2.05) is 18.2 Å². The van der Waals surface area contributed by atoms with Crippen molar-refractivity contribution >= 4 is 11.6 Å². The van der Waals surface area contributed by atoms with Gasteiger partial charge < -0.3 is 14.5 Å². The zero-order valence-corrected chi connectivity index (χ0v) is 16.1. The van der Waals surface area contributed by atoms with Crippen LogP contribution in [-0.4, -0.2) is 44.1 Å². The summed E-state index contributed by atoms with van der Waals surface area (Å²) < 4.78 is 5.34. The van der Waals surface area contributed by atoms with Gasteiger partial charge in [-0.15, -0.1) is 0 Å². The molecule has 4 heteroatoms. The van der Waals surface area contributed by atoms with E-state index in [1.54, 1.807) is 7.11 Å². The van der Waals surface area contributed by atoms with Crippen LogP contribution in [0.1, 0.15) is 31.2 Å². The number of ether oxygens (including phenoxy) is 1. The predicted octanol–water partition coefficient (Wildman–Crippen LogP) is 3.86. The van der Waals surface area contributed by atoms with Crippen LogP contribution in [0.3, 0.4) is 0 Å². The molecule has 0 bridgehead atoms. The lowest BCUT2D eigenvalue weighted by molar-refractivity contribution is -0.137. The average Bonchev–Trinajstić information content (AvgIpc) is 3.25. The second kappa shape index (κ2) is 7.63. The van der Waals surface area contributed by atoms with Crippen molar-refractivity contribution < 1.29 is 9.53 Å². The van der Waals surface area contributed by atoms with E-state index in [0.717, 1.165) is 57.6 Å².